The number of hydrogen-bond donors (Lipinski definition) is 1. The Balaban J connectivity index is 2.56. The summed E-state index contributed by atoms with van der Waals surface area (Å²) in [7, 11) is 11.8. The van der Waals surface area contributed by atoms with Crippen molar-refractivity contribution in [2.24, 2.45) is 0 Å². The highest BCUT2D eigenvalue weighted by Gasteiger charge is 2.24. The van der Waals surface area contributed by atoms with Crippen LogP contribution in [0, 0.1) is 6.92 Å². The van der Waals surface area contributed by atoms with Gasteiger partial charge in [0.25, 0.3) is 0 Å². The molecule has 4 radical (unpaired) electrons. The van der Waals surface area contributed by atoms with Crippen LogP contribution in [0.15, 0.2) is 0 Å². The number of phenolic OH excluding ortho intramolecular Hbond substituents is 1. The molecule has 80 valence electrons. The minimum atomic E-state index is 0.0924. The van der Waals surface area contributed by atoms with E-state index >= 15 is 0 Å². The van der Waals surface area contributed by atoms with E-state index < -0.39 is 0 Å². The Morgan fingerprint density at radius 2 is 2.06 bits per heavy atom. The summed E-state index contributed by atoms with van der Waals surface area (Å²) in [5.74, 6) is 0.765. The van der Waals surface area contributed by atoms with Gasteiger partial charge in [-0.1, -0.05) is 6.92 Å². The van der Waals surface area contributed by atoms with Crippen molar-refractivity contribution >= 4 is 26.6 Å². The van der Waals surface area contributed by atoms with Crippen LogP contribution in [0.3, 0.4) is 0 Å². The zero-order valence-corrected chi connectivity index (χ0v) is 9.71. The van der Waals surface area contributed by atoms with E-state index in [4.69, 9.17) is 20.4 Å². The third-order valence-corrected chi connectivity index (χ3v) is 3.31. The molecule has 0 saturated heterocycles. The van der Waals surface area contributed by atoms with Gasteiger partial charge in [0.2, 0.25) is 0 Å². The molecule has 1 heterocycles. The lowest BCUT2D eigenvalue weighted by molar-refractivity contribution is 0.171. The monoisotopic (exact) mass is 212 g/mol. The maximum Gasteiger partial charge on any atom is 0.119 e. The number of ether oxygens (including phenoxy) is 1. The van der Waals surface area contributed by atoms with Gasteiger partial charge in [-0.05, 0) is 48.2 Å². The quantitative estimate of drug-likeness (QED) is 0.682. The molecule has 2 rings (SSSR count). The molecule has 0 fully saturated rings. The Bertz CT molecular complexity index is 430. The van der Waals surface area contributed by atoms with Gasteiger partial charge in [-0.2, -0.15) is 0 Å². The summed E-state index contributed by atoms with van der Waals surface area (Å²) in [4.78, 5) is 0. The topological polar surface area (TPSA) is 29.5 Å². The first-order valence-corrected chi connectivity index (χ1v) is 5.62. The van der Waals surface area contributed by atoms with Crippen LogP contribution in [0.1, 0.15) is 30.9 Å². The predicted octanol–water partition coefficient (Wildman–Crippen LogP) is 0.392. The lowest BCUT2D eigenvalue weighted by Crippen LogP contribution is -2.32. The van der Waals surface area contributed by atoms with Crippen LogP contribution in [0.25, 0.3) is 0 Å². The Morgan fingerprint density at radius 1 is 1.38 bits per heavy atom. The summed E-state index contributed by atoms with van der Waals surface area (Å²) < 4.78 is 5.81. The van der Waals surface area contributed by atoms with Gasteiger partial charge in [-0.25, -0.2) is 0 Å². The molecular formula is C12H14B2O2. The maximum absolute atomic E-state index is 9.81. The van der Waals surface area contributed by atoms with Crippen molar-refractivity contribution in [1.29, 1.82) is 0 Å². The molecule has 0 spiro atoms. The summed E-state index contributed by atoms with van der Waals surface area (Å²) in [6, 6.07) is 0. The summed E-state index contributed by atoms with van der Waals surface area (Å²) in [6.07, 6.45) is 2.91. The van der Waals surface area contributed by atoms with Gasteiger partial charge in [0.1, 0.15) is 27.2 Å². The van der Waals surface area contributed by atoms with E-state index in [2.05, 4.69) is 6.92 Å². The van der Waals surface area contributed by atoms with Crippen LogP contribution in [0.2, 0.25) is 0 Å². The molecular weight excluding hydrogens is 198 g/mol. The van der Waals surface area contributed by atoms with E-state index in [1.54, 1.807) is 6.92 Å². The van der Waals surface area contributed by atoms with Crippen LogP contribution in [-0.2, 0) is 6.42 Å². The molecule has 16 heavy (non-hydrogen) atoms. The molecule has 1 aromatic rings. The van der Waals surface area contributed by atoms with Gasteiger partial charge in [0, 0.05) is 0 Å². The van der Waals surface area contributed by atoms with Crippen LogP contribution < -0.4 is 15.7 Å². The van der Waals surface area contributed by atoms with Gasteiger partial charge < -0.3 is 9.84 Å². The van der Waals surface area contributed by atoms with E-state index in [-0.39, 0.29) is 11.9 Å². The molecule has 1 atom stereocenters. The average molecular weight is 212 g/mol. The average Bonchev–Trinajstić information content (AvgIpc) is 2.33. The summed E-state index contributed by atoms with van der Waals surface area (Å²) in [5, 5.41) is 9.81. The van der Waals surface area contributed by atoms with E-state index in [1.165, 1.54) is 0 Å². The van der Waals surface area contributed by atoms with Gasteiger partial charge in [0.15, 0.2) is 0 Å². The second-order valence-corrected chi connectivity index (χ2v) is 4.30. The van der Waals surface area contributed by atoms with E-state index in [0.29, 0.717) is 22.2 Å². The summed E-state index contributed by atoms with van der Waals surface area (Å²) in [6.45, 7) is 3.84. The Labute approximate surface area is 98.8 Å². The molecule has 0 aliphatic carbocycles. The fraction of sp³-hybridized carbons (Fsp3) is 0.500. The van der Waals surface area contributed by atoms with Gasteiger partial charge in [-0.3, -0.25) is 0 Å². The molecule has 1 unspecified atom stereocenters. The van der Waals surface area contributed by atoms with E-state index in [9.17, 15) is 5.11 Å². The predicted molar refractivity (Wildman–Crippen MR) is 66.6 cm³/mol. The van der Waals surface area contributed by atoms with Crippen molar-refractivity contribution in [1.82, 2.24) is 0 Å². The summed E-state index contributed by atoms with van der Waals surface area (Å²) in [5.41, 5.74) is 2.38. The highest BCUT2D eigenvalue weighted by Crippen LogP contribution is 2.29. The molecule has 0 aromatic heterocycles. The third-order valence-electron chi connectivity index (χ3n) is 3.31. The number of aromatic hydroxyl groups is 1. The fourth-order valence-corrected chi connectivity index (χ4v) is 2.13. The van der Waals surface area contributed by atoms with Gasteiger partial charge in [0.05, 0.1) is 6.10 Å². The fourth-order valence-electron chi connectivity index (χ4n) is 2.13. The first kappa shape index (κ1) is 11.4. The Morgan fingerprint density at radius 3 is 2.69 bits per heavy atom. The molecule has 0 saturated carbocycles. The van der Waals surface area contributed by atoms with Crippen molar-refractivity contribution in [3.05, 3.63) is 11.1 Å². The lowest BCUT2D eigenvalue weighted by atomic mass is 9.77. The Hall–Kier alpha value is -1.05. The molecule has 2 nitrogen and oxygen atoms in total. The Kier molecular flexibility index (Phi) is 2.91. The number of fused-ring (bicyclic) bond motifs is 1. The van der Waals surface area contributed by atoms with Gasteiger partial charge in [-0.15, -0.1) is 0 Å². The maximum atomic E-state index is 9.81. The zero-order valence-electron chi connectivity index (χ0n) is 9.71. The van der Waals surface area contributed by atoms with Gasteiger partial charge >= 0.3 is 0 Å². The third kappa shape index (κ3) is 1.60. The SMILES string of the molecule is [B]c1c(O)c(C)c([B])c2c1CCC(CC)O2. The smallest absolute Gasteiger partial charge is 0.119 e. The molecule has 1 aromatic carbocycles. The normalized spacial score (nSPS) is 19.0. The number of rotatable bonds is 1. The van der Waals surface area contributed by atoms with Crippen LogP contribution in [0.5, 0.6) is 11.5 Å². The molecule has 1 aliphatic heterocycles. The van der Waals surface area contributed by atoms with Crippen LogP contribution >= 0.6 is 0 Å². The van der Waals surface area contributed by atoms with Crippen molar-refractivity contribution in [3.8, 4) is 11.5 Å². The van der Waals surface area contributed by atoms with E-state index in [1.807, 2.05) is 0 Å². The standard InChI is InChI=1S/C12H14B2O2/c1-3-7-4-5-8-10(14)11(15)6(2)9(13)12(8)16-7/h7,15H,3-5H2,1-2H3. The van der Waals surface area contributed by atoms with Crippen molar-refractivity contribution in [2.75, 3.05) is 0 Å². The van der Waals surface area contributed by atoms with Crippen LogP contribution in [0.4, 0.5) is 0 Å². The van der Waals surface area contributed by atoms with Crippen molar-refractivity contribution < 1.29 is 9.84 Å². The zero-order chi connectivity index (χ0) is 11.9. The molecule has 1 N–H and O–H groups in total. The second kappa shape index (κ2) is 4.08. The highest BCUT2D eigenvalue weighted by atomic mass is 16.5. The minimum Gasteiger partial charge on any atom is -0.508 e. The lowest BCUT2D eigenvalue weighted by Gasteiger charge is -2.30. The molecule has 4 heteroatoms. The number of benzene rings is 1. The van der Waals surface area contributed by atoms with Crippen molar-refractivity contribution in [2.45, 2.75) is 39.2 Å². The molecule has 0 bridgehead atoms. The first-order chi connectivity index (χ1) is 7.56. The van der Waals surface area contributed by atoms with E-state index in [0.717, 1.165) is 24.8 Å². The second-order valence-electron chi connectivity index (χ2n) is 4.30. The van der Waals surface area contributed by atoms with Crippen LogP contribution in [-0.4, -0.2) is 26.9 Å². The number of hydrogen-bond acceptors (Lipinski definition) is 2. The first-order valence-electron chi connectivity index (χ1n) is 5.62. The molecule has 0 amide bonds. The summed E-state index contributed by atoms with van der Waals surface area (Å²) >= 11 is 0. The largest absolute Gasteiger partial charge is 0.508 e. The van der Waals surface area contributed by atoms with Crippen molar-refractivity contribution in [3.63, 3.8) is 0 Å². The number of phenols is 1. The minimum absolute atomic E-state index is 0.0924. The molecule has 1 aliphatic rings. The highest BCUT2D eigenvalue weighted by molar-refractivity contribution is 6.40.